The van der Waals surface area contributed by atoms with Crippen LogP contribution in [-0.2, 0) is 13.0 Å². The standard InChI is InChI=1S/C17H18ClNO/c1-20-17-8-4-7-15(18)14(17)11-19-16-10-9-12-5-2-3-6-13(12)16/h2-8,16,19H,9-11H2,1H3. The van der Waals surface area contributed by atoms with Gasteiger partial charge in [-0.3, -0.25) is 0 Å². The van der Waals surface area contributed by atoms with E-state index in [1.165, 1.54) is 11.1 Å². The summed E-state index contributed by atoms with van der Waals surface area (Å²) in [6.45, 7) is 0.724. The van der Waals surface area contributed by atoms with E-state index in [-0.39, 0.29) is 0 Å². The molecule has 1 aliphatic rings. The van der Waals surface area contributed by atoms with Crippen LogP contribution in [0.15, 0.2) is 42.5 Å². The molecule has 3 rings (SSSR count). The molecule has 0 saturated heterocycles. The minimum Gasteiger partial charge on any atom is -0.496 e. The van der Waals surface area contributed by atoms with Gasteiger partial charge < -0.3 is 10.1 Å². The van der Waals surface area contributed by atoms with E-state index >= 15 is 0 Å². The van der Waals surface area contributed by atoms with Crippen molar-refractivity contribution in [2.24, 2.45) is 0 Å². The zero-order valence-electron chi connectivity index (χ0n) is 11.5. The number of rotatable bonds is 4. The van der Waals surface area contributed by atoms with E-state index in [1.54, 1.807) is 7.11 Å². The van der Waals surface area contributed by atoms with Crippen LogP contribution in [0.2, 0.25) is 5.02 Å². The molecule has 1 N–H and O–H groups in total. The molecule has 2 aromatic rings. The van der Waals surface area contributed by atoms with Crippen molar-refractivity contribution in [2.75, 3.05) is 7.11 Å². The molecule has 104 valence electrons. The van der Waals surface area contributed by atoms with Crippen LogP contribution in [0.25, 0.3) is 0 Å². The predicted octanol–water partition coefficient (Wildman–Crippen LogP) is 4.13. The Kier molecular flexibility index (Phi) is 3.95. The number of hydrogen-bond acceptors (Lipinski definition) is 2. The fourth-order valence-corrected chi connectivity index (χ4v) is 3.13. The molecule has 0 radical (unpaired) electrons. The summed E-state index contributed by atoms with van der Waals surface area (Å²) < 4.78 is 5.39. The second kappa shape index (κ2) is 5.86. The van der Waals surface area contributed by atoms with Crippen LogP contribution in [0.1, 0.15) is 29.2 Å². The Morgan fingerprint density at radius 3 is 2.90 bits per heavy atom. The highest BCUT2D eigenvalue weighted by Gasteiger charge is 2.21. The molecule has 0 heterocycles. The molecule has 1 atom stereocenters. The maximum Gasteiger partial charge on any atom is 0.124 e. The zero-order chi connectivity index (χ0) is 13.9. The molecule has 20 heavy (non-hydrogen) atoms. The summed E-state index contributed by atoms with van der Waals surface area (Å²) in [4.78, 5) is 0. The van der Waals surface area contributed by atoms with Gasteiger partial charge in [-0.25, -0.2) is 0 Å². The molecule has 0 aliphatic heterocycles. The van der Waals surface area contributed by atoms with Gasteiger partial charge in [0.2, 0.25) is 0 Å². The summed E-state index contributed by atoms with van der Waals surface area (Å²) in [5.74, 6) is 0.844. The number of nitrogens with one attached hydrogen (secondary N) is 1. The van der Waals surface area contributed by atoms with Crippen molar-refractivity contribution < 1.29 is 4.74 Å². The normalized spacial score (nSPS) is 17.0. The molecule has 0 spiro atoms. The number of aryl methyl sites for hydroxylation is 1. The third-order valence-corrected chi connectivity index (χ3v) is 4.31. The highest BCUT2D eigenvalue weighted by atomic mass is 35.5. The molecule has 2 nitrogen and oxygen atoms in total. The van der Waals surface area contributed by atoms with Crippen molar-refractivity contribution in [1.29, 1.82) is 0 Å². The van der Waals surface area contributed by atoms with Crippen LogP contribution in [0.3, 0.4) is 0 Å². The van der Waals surface area contributed by atoms with E-state index in [4.69, 9.17) is 16.3 Å². The summed E-state index contributed by atoms with van der Waals surface area (Å²) in [5.41, 5.74) is 3.90. The molecule has 1 aliphatic carbocycles. The van der Waals surface area contributed by atoms with Gasteiger partial charge in [-0.05, 0) is 36.1 Å². The Bertz CT molecular complexity index is 612. The molecule has 3 heteroatoms. The Labute approximate surface area is 124 Å². The summed E-state index contributed by atoms with van der Waals surface area (Å²) >= 11 is 6.27. The lowest BCUT2D eigenvalue weighted by Gasteiger charge is -2.16. The van der Waals surface area contributed by atoms with E-state index in [1.807, 2.05) is 18.2 Å². The Balaban J connectivity index is 1.75. The zero-order valence-corrected chi connectivity index (χ0v) is 12.3. The van der Waals surface area contributed by atoms with Gasteiger partial charge in [-0.2, -0.15) is 0 Å². The molecule has 0 aromatic heterocycles. The summed E-state index contributed by atoms with van der Waals surface area (Å²) in [7, 11) is 1.68. The maximum atomic E-state index is 6.27. The Morgan fingerprint density at radius 1 is 1.20 bits per heavy atom. The Morgan fingerprint density at radius 2 is 2.05 bits per heavy atom. The van der Waals surface area contributed by atoms with Crippen molar-refractivity contribution in [3.63, 3.8) is 0 Å². The first-order valence-electron chi connectivity index (χ1n) is 6.92. The topological polar surface area (TPSA) is 21.3 Å². The Hall–Kier alpha value is -1.51. The maximum absolute atomic E-state index is 6.27. The fraction of sp³-hybridized carbons (Fsp3) is 0.294. The number of fused-ring (bicyclic) bond motifs is 1. The lowest BCUT2D eigenvalue weighted by Crippen LogP contribution is -2.19. The first-order chi connectivity index (χ1) is 9.79. The number of benzene rings is 2. The van der Waals surface area contributed by atoms with Crippen molar-refractivity contribution in [2.45, 2.75) is 25.4 Å². The summed E-state index contributed by atoms with van der Waals surface area (Å²) in [6.07, 6.45) is 2.29. The van der Waals surface area contributed by atoms with E-state index in [0.717, 1.165) is 35.7 Å². The molecule has 0 amide bonds. The van der Waals surface area contributed by atoms with Crippen LogP contribution < -0.4 is 10.1 Å². The van der Waals surface area contributed by atoms with E-state index in [2.05, 4.69) is 29.6 Å². The summed E-state index contributed by atoms with van der Waals surface area (Å²) in [5, 5.41) is 4.36. The van der Waals surface area contributed by atoms with Crippen molar-refractivity contribution >= 4 is 11.6 Å². The molecular formula is C17H18ClNO. The molecule has 2 aromatic carbocycles. The van der Waals surface area contributed by atoms with Gasteiger partial charge in [0.25, 0.3) is 0 Å². The number of hydrogen-bond donors (Lipinski definition) is 1. The second-order valence-electron chi connectivity index (χ2n) is 5.09. The predicted molar refractivity (Wildman–Crippen MR) is 82.3 cm³/mol. The smallest absolute Gasteiger partial charge is 0.124 e. The number of ether oxygens (including phenoxy) is 1. The SMILES string of the molecule is COc1cccc(Cl)c1CNC1CCc2ccccc21. The first-order valence-corrected chi connectivity index (χ1v) is 7.30. The van der Waals surface area contributed by atoms with Gasteiger partial charge >= 0.3 is 0 Å². The average molecular weight is 288 g/mol. The van der Waals surface area contributed by atoms with Crippen LogP contribution in [-0.4, -0.2) is 7.11 Å². The minimum atomic E-state index is 0.409. The lowest BCUT2D eigenvalue weighted by molar-refractivity contribution is 0.405. The summed E-state index contributed by atoms with van der Waals surface area (Å²) in [6, 6.07) is 14.8. The van der Waals surface area contributed by atoms with Crippen LogP contribution in [0.5, 0.6) is 5.75 Å². The van der Waals surface area contributed by atoms with Gasteiger partial charge in [0.05, 0.1) is 7.11 Å². The molecular weight excluding hydrogens is 270 g/mol. The average Bonchev–Trinajstić information content (AvgIpc) is 2.89. The van der Waals surface area contributed by atoms with Crippen LogP contribution >= 0.6 is 11.6 Å². The van der Waals surface area contributed by atoms with Crippen LogP contribution in [0, 0.1) is 0 Å². The highest BCUT2D eigenvalue weighted by Crippen LogP contribution is 2.32. The second-order valence-corrected chi connectivity index (χ2v) is 5.50. The largest absolute Gasteiger partial charge is 0.496 e. The van der Waals surface area contributed by atoms with Gasteiger partial charge in [-0.1, -0.05) is 41.9 Å². The quantitative estimate of drug-likeness (QED) is 0.913. The lowest BCUT2D eigenvalue weighted by atomic mass is 10.1. The highest BCUT2D eigenvalue weighted by molar-refractivity contribution is 6.31. The first kappa shape index (κ1) is 13.5. The third kappa shape index (κ3) is 2.54. The van der Waals surface area contributed by atoms with Crippen molar-refractivity contribution in [1.82, 2.24) is 5.32 Å². The van der Waals surface area contributed by atoms with Gasteiger partial charge in [0.1, 0.15) is 5.75 Å². The van der Waals surface area contributed by atoms with E-state index < -0.39 is 0 Å². The molecule has 0 saturated carbocycles. The third-order valence-electron chi connectivity index (χ3n) is 3.95. The number of halogens is 1. The number of methoxy groups -OCH3 is 1. The molecule has 0 fully saturated rings. The minimum absolute atomic E-state index is 0.409. The molecule has 0 bridgehead atoms. The van der Waals surface area contributed by atoms with Gasteiger partial charge in [0, 0.05) is 23.2 Å². The van der Waals surface area contributed by atoms with Crippen molar-refractivity contribution in [3.05, 3.63) is 64.2 Å². The van der Waals surface area contributed by atoms with Gasteiger partial charge in [-0.15, -0.1) is 0 Å². The van der Waals surface area contributed by atoms with E-state index in [9.17, 15) is 0 Å². The fourth-order valence-electron chi connectivity index (χ4n) is 2.90. The monoisotopic (exact) mass is 287 g/mol. The van der Waals surface area contributed by atoms with Crippen LogP contribution in [0.4, 0.5) is 0 Å². The van der Waals surface area contributed by atoms with Gasteiger partial charge in [0.15, 0.2) is 0 Å². The van der Waals surface area contributed by atoms with E-state index in [0.29, 0.717) is 6.04 Å². The van der Waals surface area contributed by atoms with Crippen molar-refractivity contribution in [3.8, 4) is 5.75 Å². The molecule has 1 unspecified atom stereocenters.